The Morgan fingerprint density at radius 2 is 2.00 bits per heavy atom. The number of ether oxygens (including phenoxy) is 1. The van der Waals surface area contributed by atoms with Crippen LogP contribution in [0.3, 0.4) is 0 Å². The van der Waals surface area contributed by atoms with Gasteiger partial charge in [-0.15, -0.1) is 0 Å². The van der Waals surface area contributed by atoms with Crippen molar-refractivity contribution in [2.24, 2.45) is 0 Å². The molecule has 1 amide bonds. The van der Waals surface area contributed by atoms with E-state index in [1.807, 2.05) is 30.3 Å². The van der Waals surface area contributed by atoms with Crippen LogP contribution < -0.4 is 10.1 Å². The van der Waals surface area contributed by atoms with E-state index in [-0.39, 0.29) is 12.5 Å². The van der Waals surface area contributed by atoms with Gasteiger partial charge in [-0.3, -0.25) is 9.78 Å². The van der Waals surface area contributed by atoms with E-state index < -0.39 is 0 Å². The van der Waals surface area contributed by atoms with Crippen LogP contribution >= 0.6 is 0 Å². The van der Waals surface area contributed by atoms with Crippen LogP contribution in [0.5, 0.6) is 5.75 Å². The lowest BCUT2D eigenvalue weighted by Gasteiger charge is -2.07. The predicted octanol–water partition coefficient (Wildman–Crippen LogP) is 1.78. The highest BCUT2D eigenvalue weighted by Crippen LogP contribution is 2.05. The van der Waals surface area contributed by atoms with Crippen LogP contribution in [-0.2, 0) is 11.3 Å². The maximum absolute atomic E-state index is 11.5. The summed E-state index contributed by atoms with van der Waals surface area (Å²) in [4.78, 5) is 15.4. The SMILES string of the molecule is O=C(COc1cccnc1)NCc1ccccc1. The fraction of sp³-hybridized carbons (Fsp3) is 0.143. The summed E-state index contributed by atoms with van der Waals surface area (Å²) in [6.07, 6.45) is 3.23. The first-order chi connectivity index (χ1) is 8.84. The van der Waals surface area contributed by atoms with Crippen molar-refractivity contribution in [2.75, 3.05) is 6.61 Å². The third-order valence-electron chi connectivity index (χ3n) is 2.34. The number of hydrogen-bond acceptors (Lipinski definition) is 3. The van der Waals surface area contributed by atoms with Crippen LogP contribution in [0, 0.1) is 0 Å². The molecule has 0 unspecified atom stereocenters. The van der Waals surface area contributed by atoms with Crippen LogP contribution in [0.2, 0.25) is 0 Å². The molecule has 1 aromatic carbocycles. The molecular weight excluding hydrogens is 228 g/mol. The van der Waals surface area contributed by atoms with Crippen molar-refractivity contribution in [3.05, 3.63) is 60.4 Å². The fourth-order valence-electron chi connectivity index (χ4n) is 1.43. The van der Waals surface area contributed by atoms with Gasteiger partial charge in [-0.2, -0.15) is 0 Å². The smallest absolute Gasteiger partial charge is 0.258 e. The Bertz CT molecular complexity index is 440. The summed E-state index contributed by atoms with van der Waals surface area (Å²) in [7, 11) is 0. The van der Waals surface area contributed by atoms with Crippen molar-refractivity contribution in [1.82, 2.24) is 10.3 Å². The first-order valence-corrected chi connectivity index (χ1v) is 5.68. The fourth-order valence-corrected chi connectivity index (χ4v) is 1.43. The van der Waals surface area contributed by atoms with Crippen LogP contribution in [0.4, 0.5) is 0 Å². The van der Waals surface area contributed by atoms with Gasteiger partial charge in [0.05, 0.1) is 6.20 Å². The summed E-state index contributed by atoms with van der Waals surface area (Å²) in [5.74, 6) is 0.440. The molecule has 0 saturated heterocycles. The zero-order valence-corrected chi connectivity index (χ0v) is 9.87. The second-order valence-corrected chi connectivity index (χ2v) is 3.74. The van der Waals surface area contributed by atoms with E-state index >= 15 is 0 Å². The molecule has 1 N–H and O–H groups in total. The Balaban J connectivity index is 1.73. The summed E-state index contributed by atoms with van der Waals surface area (Å²) in [6, 6.07) is 13.3. The zero-order chi connectivity index (χ0) is 12.6. The van der Waals surface area contributed by atoms with E-state index in [2.05, 4.69) is 10.3 Å². The summed E-state index contributed by atoms with van der Waals surface area (Å²) < 4.78 is 5.28. The Morgan fingerprint density at radius 3 is 2.72 bits per heavy atom. The molecule has 0 aliphatic heterocycles. The molecule has 0 spiro atoms. The molecule has 0 bridgehead atoms. The second-order valence-electron chi connectivity index (χ2n) is 3.74. The van der Waals surface area contributed by atoms with Gasteiger partial charge in [0.1, 0.15) is 5.75 Å². The number of pyridine rings is 1. The second kappa shape index (κ2) is 6.39. The molecule has 1 heterocycles. The van der Waals surface area contributed by atoms with Gasteiger partial charge < -0.3 is 10.1 Å². The highest BCUT2D eigenvalue weighted by molar-refractivity contribution is 5.77. The molecule has 18 heavy (non-hydrogen) atoms. The van der Waals surface area contributed by atoms with E-state index in [0.717, 1.165) is 5.56 Å². The first kappa shape index (κ1) is 12.1. The molecule has 0 fully saturated rings. The molecule has 0 atom stereocenters. The molecule has 0 aliphatic rings. The Kier molecular flexibility index (Phi) is 4.30. The van der Waals surface area contributed by atoms with E-state index in [1.165, 1.54) is 0 Å². The number of hydrogen-bond donors (Lipinski definition) is 1. The topological polar surface area (TPSA) is 51.2 Å². The van der Waals surface area contributed by atoms with Gasteiger partial charge in [-0.25, -0.2) is 0 Å². The Labute approximate surface area is 106 Å². The summed E-state index contributed by atoms with van der Waals surface area (Å²) >= 11 is 0. The molecular formula is C14H14N2O2. The van der Waals surface area contributed by atoms with Crippen molar-refractivity contribution < 1.29 is 9.53 Å². The number of nitrogens with one attached hydrogen (secondary N) is 1. The van der Waals surface area contributed by atoms with E-state index in [1.54, 1.807) is 24.5 Å². The summed E-state index contributed by atoms with van der Waals surface area (Å²) in [5.41, 5.74) is 1.06. The number of nitrogens with zero attached hydrogens (tertiary/aromatic N) is 1. The van der Waals surface area contributed by atoms with E-state index in [9.17, 15) is 4.79 Å². The quantitative estimate of drug-likeness (QED) is 0.869. The zero-order valence-electron chi connectivity index (χ0n) is 9.87. The number of benzene rings is 1. The first-order valence-electron chi connectivity index (χ1n) is 5.68. The molecule has 2 aromatic rings. The molecule has 2 rings (SSSR count). The normalized spacial score (nSPS) is 9.78. The molecule has 0 saturated carbocycles. The maximum Gasteiger partial charge on any atom is 0.258 e. The van der Waals surface area contributed by atoms with E-state index in [4.69, 9.17) is 4.74 Å². The average Bonchev–Trinajstić information content (AvgIpc) is 2.45. The molecule has 4 nitrogen and oxygen atoms in total. The van der Waals surface area contributed by atoms with Gasteiger partial charge in [0, 0.05) is 12.7 Å². The average molecular weight is 242 g/mol. The van der Waals surface area contributed by atoms with Crippen molar-refractivity contribution in [3.8, 4) is 5.75 Å². The number of carbonyl (C=O) groups is 1. The number of amides is 1. The standard InChI is InChI=1S/C14H14N2O2/c17-14(11-18-13-7-4-8-15-10-13)16-9-12-5-2-1-3-6-12/h1-8,10H,9,11H2,(H,16,17). The lowest BCUT2D eigenvalue weighted by Crippen LogP contribution is -2.28. The lowest BCUT2D eigenvalue weighted by molar-refractivity contribution is -0.123. The minimum absolute atomic E-state index is 0.00146. The molecule has 92 valence electrons. The van der Waals surface area contributed by atoms with Gasteiger partial charge >= 0.3 is 0 Å². The monoisotopic (exact) mass is 242 g/mol. The highest BCUT2D eigenvalue weighted by Gasteiger charge is 2.02. The molecule has 4 heteroatoms. The van der Waals surface area contributed by atoms with Crippen LogP contribution in [0.25, 0.3) is 0 Å². The van der Waals surface area contributed by atoms with Gasteiger partial charge in [-0.05, 0) is 17.7 Å². The van der Waals surface area contributed by atoms with Gasteiger partial charge in [0.2, 0.25) is 0 Å². The van der Waals surface area contributed by atoms with Gasteiger partial charge in [0.15, 0.2) is 6.61 Å². The number of carbonyl (C=O) groups excluding carboxylic acids is 1. The number of aromatic nitrogens is 1. The van der Waals surface area contributed by atoms with Crippen molar-refractivity contribution in [1.29, 1.82) is 0 Å². The van der Waals surface area contributed by atoms with Crippen molar-refractivity contribution in [3.63, 3.8) is 0 Å². The van der Waals surface area contributed by atoms with Crippen LogP contribution in [0.15, 0.2) is 54.9 Å². The number of rotatable bonds is 5. The largest absolute Gasteiger partial charge is 0.482 e. The lowest BCUT2D eigenvalue weighted by atomic mass is 10.2. The summed E-state index contributed by atoms with van der Waals surface area (Å²) in [5, 5.41) is 2.78. The van der Waals surface area contributed by atoms with Crippen LogP contribution in [0.1, 0.15) is 5.56 Å². The Morgan fingerprint density at radius 1 is 1.17 bits per heavy atom. The third-order valence-corrected chi connectivity index (χ3v) is 2.34. The molecule has 0 radical (unpaired) electrons. The van der Waals surface area contributed by atoms with Gasteiger partial charge in [0.25, 0.3) is 5.91 Å². The van der Waals surface area contributed by atoms with Crippen molar-refractivity contribution in [2.45, 2.75) is 6.54 Å². The third kappa shape index (κ3) is 3.90. The highest BCUT2D eigenvalue weighted by atomic mass is 16.5. The minimum atomic E-state index is -0.150. The van der Waals surface area contributed by atoms with Crippen LogP contribution in [-0.4, -0.2) is 17.5 Å². The van der Waals surface area contributed by atoms with E-state index in [0.29, 0.717) is 12.3 Å². The predicted molar refractivity (Wildman–Crippen MR) is 68.0 cm³/mol. The molecule has 1 aromatic heterocycles. The minimum Gasteiger partial charge on any atom is -0.482 e. The summed E-state index contributed by atoms with van der Waals surface area (Å²) in [6.45, 7) is 0.509. The maximum atomic E-state index is 11.5. The van der Waals surface area contributed by atoms with Crippen molar-refractivity contribution >= 4 is 5.91 Å². The van der Waals surface area contributed by atoms with Gasteiger partial charge in [-0.1, -0.05) is 30.3 Å². The Hall–Kier alpha value is -2.36. The molecule has 0 aliphatic carbocycles.